The first kappa shape index (κ1) is 26.7. The molecule has 0 aliphatic carbocycles. The van der Waals surface area contributed by atoms with Gasteiger partial charge in [0.2, 0.25) is 11.8 Å². The molecule has 2 aliphatic heterocycles. The minimum atomic E-state index is -4.66. The van der Waals surface area contributed by atoms with Crippen molar-refractivity contribution in [1.29, 1.82) is 0 Å². The van der Waals surface area contributed by atoms with Crippen LogP contribution in [0.4, 0.5) is 24.5 Å². The lowest BCUT2D eigenvalue weighted by Gasteiger charge is -2.38. The summed E-state index contributed by atoms with van der Waals surface area (Å²) in [6, 6.07) is 2.56. The third kappa shape index (κ3) is 6.43. The summed E-state index contributed by atoms with van der Waals surface area (Å²) in [5, 5.41) is 11.4. The number of rotatable bonds is 7. The summed E-state index contributed by atoms with van der Waals surface area (Å²) in [4.78, 5) is 41.5. The number of likely N-dealkylation sites (tertiary alicyclic amines) is 1. The molecule has 35 heavy (non-hydrogen) atoms. The first-order chi connectivity index (χ1) is 16.5. The van der Waals surface area contributed by atoms with Gasteiger partial charge in [-0.3, -0.25) is 19.7 Å². The molecular formula is C24H33F3N4O4. The van der Waals surface area contributed by atoms with Crippen LogP contribution in [0, 0.1) is 22.0 Å². The van der Waals surface area contributed by atoms with E-state index < -0.39 is 22.4 Å². The van der Waals surface area contributed by atoms with Crippen molar-refractivity contribution >= 4 is 23.2 Å². The first-order valence-electron chi connectivity index (χ1n) is 12.2. The zero-order valence-electron chi connectivity index (χ0n) is 20.2. The van der Waals surface area contributed by atoms with Gasteiger partial charge in [-0.05, 0) is 44.2 Å². The molecule has 2 saturated heterocycles. The molecule has 0 N–H and O–H groups in total. The number of nitro benzene ring substituents is 1. The van der Waals surface area contributed by atoms with Crippen LogP contribution in [0.25, 0.3) is 0 Å². The summed E-state index contributed by atoms with van der Waals surface area (Å²) >= 11 is 0. The summed E-state index contributed by atoms with van der Waals surface area (Å²) in [7, 11) is 1.82. The van der Waals surface area contributed by atoms with E-state index in [1.165, 1.54) is 0 Å². The number of halogens is 3. The lowest BCUT2D eigenvalue weighted by Crippen LogP contribution is -2.47. The van der Waals surface area contributed by atoms with Gasteiger partial charge in [-0.15, -0.1) is 0 Å². The minimum absolute atomic E-state index is 0.0248. The molecule has 11 heteroatoms. The number of benzene rings is 1. The standard InChI is InChI=1S/C24H33F3N4O4/c1-3-4-11-28(2)22(32)17-9-14-30(15-10-17)23(33)18-7-12-29(13-8-18)20-6-5-19(24(25,26)27)16-21(20)31(34)35/h5-6,16-18H,3-4,7-15H2,1-2H3. The second kappa shape index (κ2) is 11.3. The molecule has 2 heterocycles. The number of amides is 2. The van der Waals surface area contributed by atoms with Crippen molar-refractivity contribution in [2.75, 3.05) is 44.7 Å². The molecular weight excluding hydrogens is 465 g/mol. The van der Waals surface area contributed by atoms with Gasteiger partial charge in [-0.25, -0.2) is 0 Å². The van der Waals surface area contributed by atoms with Gasteiger partial charge in [0, 0.05) is 57.7 Å². The molecule has 2 aliphatic rings. The second-order valence-electron chi connectivity index (χ2n) is 9.43. The highest BCUT2D eigenvalue weighted by molar-refractivity contribution is 5.81. The van der Waals surface area contributed by atoms with Gasteiger partial charge >= 0.3 is 6.18 Å². The van der Waals surface area contributed by atoms with E-state index in [0.717, 1.165) is 31.5 Å². The van der Waals surface area contributed by atoms with Crippen molar-refractivity contribution in [3.63, 3.8) is 0 Å². The van der Waals surface area contributed by atoms with Crippen LogP contribution in [-0.2, 0) is 15.8 Å². The number of nitrogens with zero attached hydrogens (tertiary/aromatic N) is 4. The fraction of sp³-hybridized carbons (Fsp3) is 0.667. The Morgan fingerprint density at radius 3 is 2.23 bits per heavy atom. The van der Waals surface area contributed by atoms with Crippen molar-refractivity contribution in [2.24, 2.45) is 11.8 Å². The molecule has 1 aromatic carbocycles. The van der Waals surface area contributed by atoms with Crippen LogP contribution in [0.1, 0.15) is 51.0 Å². The van der Waals surface area contributed by atoms with Crippen LogP contribution in [0.15, 0.2) is 18.2 Å². The summed E-state index contributed by atoms with van der Waals surface area (Å²) in [6.07, 6.45) is -0.463. The normalized spacial score (nSPS) is 18.0. The average Bonchev–Trinajstić information content (AvgIpc) is 2.85. The Morgan fingerprint density at radius 1 is 1.09 bits per heavy atom. The molecule has 0 spiro atoms. The number of carbonyl (C=O) groups is 2. The lowest BCUT2D eigenvalue weighted by molar-refractivity contribution is -0.384. The van der Waals surface area contributed by atoms with Gasteiger partial charge in [-0.2, -0.15) is 13.2 Å². The monoisotopic (exact) mass is 498 g/mol. The number of anilines is 1. The number of unbranched alkanes of at least 4 members (excludes halogenated alkanes) is 1. The summed E-state index contributed by atoms with van der Waals surface area (Å²) in [5.74, 6) is -0.143. The molecule has 0 radical (unpaired) electrons. The van der Waals surface area contributed by atoms with Crippen molar-refractivity contribution in [2.45, 2.75) is 51.6 Å². The number of hydrogen-bond donors (Lipinski definition) is 0. The van der Waals surface area contributed by atoms with Crippen LogP contribution in [0.3, 0.4) is 0 Å². The smallest absolute Gasteiger partial charge is 0.366 e. The van der Waals surface area contributed by atoms with Gasteiger partial charge in [0.25, 0.3) is 5.69 Å². The van der Waals surface area contributed by atoms with Crippen LogP contribution in [0.5, 0.6) is 0 Å². The minimum Gasteiger partial charge on any atom is -0.366 e. The third-order valence-corrected chi connectivity index (χ3v) is 7.06. The largest absolute Gasteiger partial charge is 0.416 e. The fourth-order valence-corrected chi connectivity index (χ4v) is 4.90. The number of hydrogen-bond acceptors (Lipinski definition) is 5. The Hall–Kier alpha value is -2.85. The molecule has 0 aromatic heterocycles. The van der Waals surface area contributed by atoms with Gasteiger partial charge in [0.15, 0.2) is 0 Å². The summed E-state index contributed by atoms with van der Waals surface area (Å²) in [5.41, 5.74) is -1.50. The zero-order chi connectivity index (χ0) is 25.8. The van der Waals surface area contributed by atoms with Crippen LogP contribution >= 0.6 is 0 Å². The van der Waals surface area contributed by atoms with Crippen molar-refractivity contribution in [3.05, 3.63) is 33.9 Å². The van der Waals surface area contributed by atoms with Crippen LogP contribution < -0.4 is 4.90 Å². The molecule has 0 saturated carbocycles. The van der Waals surface area contributed by atoms with E-state index in [0.29, 0.717) is 57.9 Å². The Balaban J connectivity index is 1.55. The van der Waals surface area contributed by atoms with E-state index >= 15 is 0 Å². The maximum Gasteiger partial charge on any atom is 0.416 e. The predicted octanol–water partition coefficient (Wildman–Crippen LogP) is 4.33. The van der Waals surface area contributed by atoms with Gasteiger partial charge in [0.05, 0.1) is 10.5 Å². The predicted molar refractivity (Wildman–Crippen MR) is 125 cm³/mol. The quantitative estimate of drug-likeness (QED) is 0.413. The fourth-order valence-electron chi connectivity index (χ4n) is 4.90. The average molecular weight is 499 g/mol. The van der Waals surface area contributed by atoms with E-state index in [1.807, 2.05) is 7.05 Å². The van der Waals surface area contributed by atoms with E-state index in [4.69, 9.17) is 0 Å². The molecule has 3 rings (SSSR count). The molecule has 2 fully saturated rings. The Labute approximate surface area is 203 Å². The van der Waals surface area contributed by atoms with Gasteiger partial charge < -0.3 is 14.7 Å². The number of piperidine rings is 2. The number of alkyl halides is 3. The van der Waals surface area contributed by atoms with E-state index in [9.17, 15) is 32.9 Å². The van der Waals surface area contributed by atoms with E-state index in [-0.39, 0.29) is 29.3 Å². The van der Waals surface area contributed by atoms with Crippen molar-refractivity contribution < 1.29 is 27.7 Å². The summed E-state index contributed by atoms with van der Waals surface area (Å²) in [6.45, 7) is 4.57. The zero-order valence-corrected chi connectivity index (χ0v) is 20.2. The molecule has 0 unspecified atom stereocenters. The van der Waals surface area contributed by atoms with Crippen LogP contribution in [0.2, 0.25) is 0 Å². The third-order valence-electron chi connectivity index (χ3n) is 7.06. The van der Waals surface area contributed by atoms with E-state index in [1.54, 1.807) is 14.7 Å². The number of carbonyl (C=O) groups excluding carboxylic acids is 2. The Bertz CT molecular complexity index is 924. The molecule has 2 amide bonds. The topological polar surface area (TPSA) is 87.0 Å². The SMILES string of the molecule is CCCCN(C)C(=O)C1CCN(C(=O)C2CCN(c3ccc(C(F)(F)F)cc3[N+](=O)[O-])CC2)CC1. The van der Waals surface area contributed by atoms with Crippen molar-refractivity contribution in [1.82, 2.24) is 9.80 Å². The maximum absolute atomic E-state index is 13.1. The molecule has 194 valence electrons. The first-order valence-corrected chi connectivity index (χ1v) is 12.2. The van der Waals surface area contributed by atoms with E-state index in [2.05, 4.69) is 6.92 Å². The highest BCUT2D eigenvalue weighted by Gasteiger charge is 2.36. The lowest BCUT2D eigenvalue weighted by atomic mass is 9.91. The molecule has 8 nitrogen and oxygen atoms in total. The Morgan fingerprint density at radius 2 is 1.69 bits per heavy atom. The highest BCUT2D eigenvalue weighted by atomic mass is 19.4. The second-order valence-corrected chi connectivity index (χ2v) is 9.43. The van der Waals surface area contributed by atoms with Gasteiger partial charge in [-0.1, -0.05) is 13.3 Å². The van der Waals surface area contributed by atoms with Gasteiger partial charge in [0.1, 0.15) is 5.69 Å². The molecule has 0 bridgehead atoms. The maximum atomic E-state index is 13.1. The van der Waals surface area contributed by atoms with Crippen molar-refractivity contribution in [3.8, 4) is 0 Å². The summed E-state index contributed by atoms with van der Waals surface area (Å²) < 4.78 is 38.9. The highest BCUT2D eigenvalue weighted by Crippen LogP contribution is 2.38. The number of nitro groups is 1. The Kier molecular flexibility index (Phi) is 8.60. The molecule has 0 atom stereocenters. The van der Waals surface area contributed by atoms with Crippen LogP contribution in [-0.4, -0.2) is 66.3 Å². The molecule has 1 aromatic rings.